The Hall–Kier alpha value is -2.44. The Morgan fingerprint density at radius 2 is 1.69 bits per heavy atom. The first kappa shape index (κ1) is 19.9. The minimum absolute atomic E-state index is 0.0476. The molecule has 0 spiro atoms. The molecule has 1 aromatic carbocycles. The van der Waals surface area contributed by atoms with E-state index < -0.39 is 4.92 Å². The van der Waals surface area contributed by atoms with Gasteiger partial charge in [-0.2, -0.15) is 0 Å². The van der Waals surface area contributed by atoms with E-state index in [0.717, 1.165) is 38.5 Å². The summed E-state index contributed by atoms with van der Waals surface area (Å²) in [5.41, 5.74) is 0.358. The first-order valence-corrected chi connectivity index (χ1v) is 9.15. The second kappa shape index (κ2) is 9.89. The second-order valence-electron chi connectivity index (χ2n) is 6.63. The van der Waals surface area contributed by atoms with Crippen molar-refractivity contribution in [2.45, 2.75) is 57.4 Å². The van der Waals surface area contributed by atoms with Crippen molar-refractivity contribution in [3.8, 4) is 0 Å². The molecule has 1 amide bonds. The van der Waals surface area contributed by atoms with Crippen molar-refractivity contribution in [2.24, 2.45) is 0 Å². The SMILES string of the molecule is COC(=O)CCN(C(=O)c1ccc([N+](=O)[O-])cc1)C1CCCCCCC1. The second-order valence-corrected chi connectivity index (χ2v) is 6.63. The van der Waals surface area contributed by atoms with Gasteiger partial charge in [-0.05, 0) is 25.0 Å². The Labute approximate surface area is 153 Å². The van der Waals surface area contributed by atoms with Gasteiger partial charge in [0.2, 0.25) is 0 Å². The fraction of sp³-hybridized carbons (Fsp3) is 0.579. The average molecular weight is 362 g/mol. The molecule has 1 aliphatic carbocycles. The number of amides is 1. The number of carbonyl (C=O) groups excluding carboxylic acids is 2. The third kappa shape index (κ3) is 5.54. The van der Waals surface area contributed by atoms with Gasteiger partial charge < -0.3 is 9.64 Å². The van der Waals surface area contributed by atoms with E-state index in [9.17, 15) is 19.7 Å². The van der Waals surface area contributed by atoms with Gasteiger partial charge in [0.05, 0.1) is 18.5 Å². The fourth-order valence-electron chi connectivity index (χ4n) is 3.40. The summed E-state index contributed by atoms with van der Waals surface area (Å²) in [6, 6.07) is 5.72. The fourth-order valence-corrected chi connectivity index (χ4v) is 3.40. The average Bonchev–Trinajstić information content (AvgIpc) is 2.62. The van der Waals surface area contributed by atoms with E-state index in [4.69, 9.17) is 4.74 Å². The number of non-ortho nitro benzene ring substituents is 1. The number of rotatable bonds is 6. The molecule has 0 bridgehead atoms. The molecule has 1 fully saturated rings. The van der Waals surface area contributed by atoms with Crippen LogP contribution in [0.15, 0.2) is 24.3 Å². The normalized spacial score (nSPS) is 15.6. The van der Waals surface area contributed by atoms with Crippen molar-refractivity contribution < 1.29 is 19.2 Å². The molecule has 26 heavy (non-hydrogen) atoms. The molecule has 0 unspecified atom stereocenters. The van der Waals surface area contributed by atoms with Gasteiger partial charge in [0.25, 0.3) is 11.6 Å². The minimum Gasteiger partial charge on any atom is -0.469 e. The summed E-state index contributed by atoms with van der Waals surface area (Å²) in [6.07, 6.45) is 7.65. The highest BCUT2D eigenvalue weighted by Crippen LogP contribution is 2.24. The van der Waals surface area contributed by atoms with Crippen LogP contribution in [0.5, 0.6) is 0 Å². The van der Waals surface area contributed by atoms with Crippen molar-refractivity contribution in [2.75, 3.05) is 13.7 Å². The summed E-state index contributed by atoms with van der Waals surface area (Å²) < 4.78 is 4.71. The molecule has 0 aromatic heterocycles. The molecule has 0 aliphatic heterocycles. The van der Waals surface area contributed by atoms with Crippen molar-refractivity contribution >= 4 is 17.6 Å². The lowest BCUT2D eigenvalue weighted by Gasteiger charge is -2.33. The summed E-state index contributed by atoms with van der Waals surface area (Å²) in [6.45, 7) is 0.299. The number of hydrogen-bond donors (Lipinski definition) is 0. The van der Waals surface area contributed by atoms with Gasteiger partial charge in [0.15, 0.2) is 0 Å². The van der Waals surface area contributed by atoms with E-state index in [2.05, 4.69) is 0 Å². The summed E-state index contributed by atoms with van der Waals surface area (Å²) in [5.74, 6) is -0.535. The highest BCUT2D eigenvalue weighted by atomic mass is 16.6. The van der Waals surface area contributed by atoms with Crippen LogP contribution >= 0.6 is 0 Å². The van der Waals surface area contributed by atoms with Crippen LogP contribution in [-0.4, -0.2) is 41.4 Å². The van der Waals surface area contributed by atoms with Crippen LogP contribution < -0.4 is 0 Å². The molecule has 1 saturated carbocycles. The number of methoxy groups -OCH3 is 1. The van der Waals surface area contributed by atoms with Gasteiger partial charge in [-0.15, -0.1) is 0 Å². The van der Waals surface area contributed by atoms with Gasteiger partial charge in [-0.25, -0.2) is 0 Å². The maximum Gasteiger partial charge on any atom is 0.307 e. The molecular formula is C19H26N2O5. The monoisotopic (exact) mass is 362 g/mol. The van der Waals surface area contributed by atoms with Crippen LogP contribution in [-0.2, 0) is 9.53 Å². The molecule has 0 atom stereocenters. The predicted octanol–water partition coefficient (Wildman–Crippen LogP) is 3.71. The number of nitro benzene ring substituents is 1. The van der Waals surface area contributed by atoms with E-state index in [-0.39, 0.29) is 30.0 Å². The Morgan fingerprint density at radius 3 is 2.23 bits per heavy atom. The summed E-state index contributed by atoms with van der Waals surface area (Å²) in [4.78, 5) is 36.7. The van der Waals surface area contributed by atoms with E-state index >= 15 is 0 Å². The van der Waals surface area contributed by atoms with Crippen molar-refractivity contribution in [1.29, 1.82) is 0 Å². The maximum absolute atomic E-state index is 13.0. The molecule has 7 nitrogen and oxygen atoms in total. The van der Waals surface area contributed by atoms with Crippen LogP contribution in [0.1, 0.15) is 61.7 Å². The highest BCUT2D eigenvalue weighted by molar-refractivity contribution is 5.94. The Bertz CT molecular complexity index is 621. The summed E-state index contributed by atoms with van der Waals surface area (Å²) in [7, 11) is 1.33. The lowest BCUT2D eigenvalue weighted by molar-refractivity contribution is -0.384. The molecule has 0 N–H and O–H groups in total. The van der Waals surface area contributed by atoms with Gasteiger partial charge >= 0.3 is 5.97 Å². The van der Waals surface area contributed by atoms with E-state index in [1.807, 2.05) is 0 Å². The van der Waals surface area contributed by atoms with E-state index in [1.165, 1.54) is 37.8 Å². The topological polar surface area (TPSA) is 89.8 Å². The van der Waals surface area contributed by atoms with Gasteiger partial charge in [-0.1, -0.05) is 32.1 Å². The van der Waals surface area contributed by atoms with Gasteiger partial charge in [0, 0.05) is 30.3 Å². The maximum atomic E-state index is 13.0. The smallest absolute Gasteiger partial charge is 0.307 e. The Balaban J connectivity index is 2.18. The Kier molecular flexibility index (Phi) is 7.56. The number of esters is 1. The molecule has 2 rings (SSSR count). The predicted molar refractivity (Wildman–Crippen MR) is 96.9 cm³/mol. The third-order valence-corrected chi connectivity index (χ3v) is 4.89. The lowest BCUT2D eigenvalue weighted by Crippen LogP contribution is -2.42. The van der Waals surface area contributed by atoms with Crippen molar-refractivity contribution in [1.82, 2.24) is 4.90 Å². The first-order valence-electron chi connectivity index (χ1n) is 9.15. The number of ether oxygens (including phenoxy) is 1. The quantitative estimate of drug-likeness (QED) is 0.437. The largest absolute Gasteiger partial charge is 0.469 e. The molecule has 142 valence electrons. The number of benzene rings is 1. The van der Waals surface area contributed by atoms with Crippen LogP contribution in [0, 0.1) is 10.1 Å². The van der Waals surface area contributed by atoms with Crippen molar-refractivity contribution in [3.63, 3.8) is 0 Å². The summed E-state index contributed by atoms with van der Waals surface area (Å²) >= 11 is 0. The number of hydrogen-bond acceptors (Lipinski definition) is 5. The lowest BCUT2D eigenvalue weighted by atomic mass is 9.95. The van der Waals surface area contributed by atoms with Crippen LogP contribution in [0.4, 0.5) is 5.69 Å². The van der Waals surface area contributed by atoms with Crippen LogP contribution in [0.2, 0.25) is 0 Å². The Morgan fingerprint density at radius 1 is 1.12 bits per heavy atom. The molecule has 0 saturated heterocycles. The number of nitro groups is 1. The standard InChI is InChI=1S/C19H26N2O5/c1-26-18(22)13-14-20(16-7-5-3-2-4-6-8-16)19(23)15-9-11-17(12-10-15)21(24)25/h9-12,16H,2-8,13-14H2,1H3. The van der Waals surface area contributed by atoms with E-state index in [1.54, 1.807) is 4.90 Å². The molecule has 1 aromatic rings. The molecule has 7 heteroatoms. The van der Waals surface area contributed by atoms with E-state index in [0.29, 0.717) is 12.1 Å². The minimum atomic E-state index is -0.488. The zero-order valence-corrected chi connectivity index (χ0v) is 15.2. The zero-order valence-electron chi connectivity index (χ0n) is 15.2. The first-order chi connectivity index (χ1) is 12.5. The molecular weight excluding hydrogens is 336 g/mol. The van der Waals surface area contributed by atoms with Gasteiger partial charge in [-0.3, -0.25) is 19.7 Å². The van der Waals surface area contributed by atoms with Crippen LogP contribution in [0.3, 0.4) is 0 Å². The molecule has 1 aliphatic rings. The molecule has 0 heterocycles. The zero-order chi connectivity index (χ0) is 18.9. The van der Waals surface area contributed by atoms with Gasteiger partial charge in [0.1, 0.15) is 0 Å². The highest BCUT2D eigenvalue weighted by Gasteiger charge is 2.26. The number of carbonyl (C=O) groups is 2. The molecule has 0 radical (unpaired) electrons. The number of nitrogens with zero attached hydrogens (tertiary/aromatic N) is 2. The third-order valence-electron chi connectivity index (χ3n) is 4.89. The van der Waals surface area contributed by atoms with Crippen molar-refractivity contribution in [3.05, 3.63) is 39.9 Å². The summed E-state index contributed by atoms with van der Waals surface area (Å²) in [5, 5.41) is 10.8. The van der Waals surface area contributed by atoms with Crippen LogP contribution in [0.25, 0.3) is 0 Å².